The molecule has 8 aromatic carbocycles. The van der Waals surface area contributed by atoms with Gasteiger partial charge in [0.1, 0.15) is 23.3 Å². The normalized spacial score (nSPS) is 11.6. The lowest BCUT2D eigenvalue weighted by Gasteiger charge is -2.21. The van der Waals surface area contributed by atoms with Crippen molar-refractivity contribution in [1.29, 1.82) is 0 Å². The molecule has 0 N–H and O–H groups in total. The van der Waals surface area contributed by atoms with Gasteiger partial charge in [-0.2, -0.15) is 0 Å². The maximum absolute atomic E-state index is 14.0. The van der Waals surface area contributed by atoms with Crippen molar-refractivity contribution in [1.82, 2.24) is 0 Å². The fourth-order valence-electron chi connectivity index (χ4n) is 6.47. The van der Waals surface area contributed by atoms with E-state index in [9.17, 15) is 17.6 Å². The topological polar surface area (TPSA) is 0 Å². The highest BCUT2D eigenvalue weighted by atomic mass is 19.1. The lowest BCUT2D eigenvalue weighted by Crippen LogP contribution is -1.94. The third-order valence-corrected chi connectivity index (χ3v) is 8.52. The van der Waals surface area contributed by atoms with Crippen molar-refractivity contribution in [3.63, 3.8) is 0 Å². The van der Waals surface area contributed by atoms with E-state index in [0.29, 0.717) is 0 Å². The Labute approximate surface area is 250 Å². The molecule has 8 aromatic rings. The zero-order valence-corrected chi connectivity index (χ0v) is 23.2. The van der Waals surface area contributed by atoms with Crippen LogP contribution in [0.2, 0.25) is 0 Å². The van der Waals surface area contributed by atoms with E-state index in [1.807, 2.05) is 0 Å². The standard InChI is InChI=1S/C40H22F4/c41-27-9-1-23(2-10-27)35-21-36(24-3-11-28(42)12-4-24)32-19-20-34-38(26-7-15-30(44)16-8-26)22-37(25-5-13-29(43)14-6-25)33-18-17-31(35)39(32)40(33)34/h1-22H. The van der Waals surface area contributed by atoms with Crippen molar-refractivity contribution < 1.29 is 17.6 Å². The highest BCUT2D eigenvalue weighted by molar-refractivity contribution is 6.31. The second-order valence-electron chi connectivity index (χ2n) is 11.0. The zero-order chi connectivity index (χ0) is 29.9. The Morgan fingerprint density at radius 2 is 0.455 bits per heavy atom. The third kappa shape index (κ3) is 4.22. The van der Waals surface area contributed by atoms with Gasteiger partial charge in [-0.3, -0.25) is 0 Å². The van der Waals surface area contributed by atoms with Crippen LogP contribution in [0.5, 0.6) is 0 Å². The maximum atomic E-state index is 14.0. The SMILES string of the molecule is Fc1ccc(-c2cc(-c3ccc(F)cc3)c3ccc4c(-c5ccc(F)cc5)cc(-c5ccc(F)cc5)c5ccc2c3c54)cc1. The first-order valence-corrected chi connectivity index (χ1v) is 14.3. The summed E-state index contributed by atoms with van der Waals surface area (Å²) in [6.07, 6.45) is 0. The minimum atomic E-state index is -0.321. The van der Waals surface area contributed by atoms with Gasteiger partial charge in [-0.1, -0.05) is 72.8 Å². The second kappa shape index (κ2) is 10.1. The van der Waals surface area contributed by atoms with E-state index in [-0.39, 0.29) is 23.3 Å². The molecule has 4 heteroatoms. The summed E-state index contributed by atoms with van der Waals surface area (Å²) in [5.41, 5.74) is 7.08. The Balaban J connectivity index is 1.56. The van der Waals surface area contributed by atoms with Gasteiger partial charge in [0.05, 0.1) is 0 Å². The van der Waals surface area contributed by atoms with Crippen LogP contribution in [0, 0.1) is 23.3 Å². The van der Waals surface area contributed by atoms with E-state index >= 15 is 0 Å². The average Bonchev–Trinajstić information content (AvgIpc) is 3.05. The largest absolute Gasteiger partial charge is 0.207 e. The van der Waals surface area contributed by atoms with Gasteiger partial charge < -0.3 is 0 Å². The Morgan fingerprint density at radius 3 is 0.659 bits per heavy atom. The third-order valence-electron chi connectivity index (χ3n) is 8.52. The molecule has 0 aliphatic heterocycles. The second-order valence-corrected chi connectivity index (χ2v) is 11.0. The predicted octanol–water partition coefficient (Wildman–Crippen LogP) is 11.8. The van der Waals surface area contributed by atoms with Gasteiger partial charge in [0.25, 0.3) is 0 Å². The van der Waals surface area contributed by atoms with E-state index in [4.69, 9.17) is 0 Å². The molecule has 0 unspecified atom stereocenters. The number of rotatable bonds is 4. The van der Waals surface area contributed by atoms with Crippen molar-refractivity contribution in [3.05, 3.63) is 157 Å². The fourth-order valence-corrected chi connectivity index (χ4v) is 6.47. The van der Waals surface area contributed by atoms with Crippen LogP contribution in [0.25, 0.3) is 76.8 Å². The molecule has 0 atom stereocenters. The van der Waals surface area contributed by atoms with Gasteiger partial charge in [-0.15, -0.1) is 0 Å². The molecule has 210 valence electrons. The zero-order valence-electron chi connectivity index (χ0n) is 23.2. The molecule has 8 rings (SSSR count). The molecular formula is C40H22F4. The van der Waals surface area contributed by atoms with Gasteiger partial charge in [-0.25, -0.2) is 17.6 Å². The highest BCUT2D eigenvalue weighted by Gasteiger charge is 2.21. The Kier molecular flexibility index (Phi) is 5.98. The highest BCUT2D eigenvalue weighted by Crippen LogP contribution is 2.48. The van der Waals surface area contributed by atoms with Crippen molar-refractivity contribution in [2.75, 3.05) is 0 Å². The molecule has 0 saturated carbocycles. The molecule has 0 saturated heterocycles. The molecule has 0 spiro atoms. The number of benzene rings is 8. The number of halogens is 4. The van der Waals surface area contributed by atoms with Crippen LogP contribution in [-0.4, -0.2) is 0 Å². The van der Waals surface area contributed by atoms with Gasteiger partial charge >= 0.3 is 0 Å². The van der Waals surface area contributed by atoms with Crippen LogP contribution in [0.15, 0.2) is 133 Å². The quantitative estimate of drug-likeness (QED) is 0.144. The minimum absolute atomic E-state index is 0.321. The maximum Gasteiger partial charge on any atom is 0.123 e. The fraction of sp³-hybridized carbons (Fsp3) is 0. The monoisotopic (exact) mass is 578 g/mol. The van der Waals surface area contributed by atoms with Crippen LogP contribution >= 0.6 is 0 Å². The molecule has 0 radical (unpaired) electrons. The van der Waals surface area contributed by atoms with Crippen LogP contribution < -0.4 is 0 Å². The van der Waals surface area contributed by atoms with Crippen LogP contribution in [0.4, 0.5) is 17.6 Å². The molecule has 0 heterocycles. The molecule has 44 heavy (non-hydrogen) atoms. The molecule has 0 amide bonds. The number of hydrogen-bond donors (Lipinski definition) is 0. The van der Waals surface area contributed by atoms with Gasteiger partial charge in [-0.05, 0) is 137 Å². The minimum Gasteiger partial charge on any atom is -0.207 e. The predicted molar refractivity (Wildman–Crippen MR) is 172 cm³/mol. The van der Waals surface area contributed by atoms with Crippen molar-refractivity contribution in [3.8, 4) is 44.5 Å². The van der Waals surface area contributed by atoms with Crippen LogP contribution in [-0.2, 0) is 0 Å². The Bertz CT molecular complexity index is 1990. The van der Waals surface area contributed by atoms with Gasteiger partial charge in [0, 0.05) is 0 Å². The summed E-state index contributed by atoms with van der Waals surface area (Å²) in [6.45, 7) is 0. The first kappa shape index (κ1) is 26.2. The van der Waals surface area contributed by atoms with Crippen LogP contribution in [0.1, 0.15) is 0 Å². The van der Waals surface area contributed by atoms with E-state index < -0.39 is 0 Å². The van der Waals surface area contributed by atoms with E-state index in [0.717, 1.165) is 76.8 Å². The molecule has 0 fully saturated rings. The summed E-state index contributed by atoms with van der Waals surface area (Å²) >= 11 is 0. The summed E-state index contributed by atoms with van der Waals surface area (Å²) in [7, 11) is 0. The average molecular weight is 579 g/mol. The Morgan fingerprint density at radius 1 is 0.250 bits per heavy atom. The molecule has 0 bridgehead atoms. The summed E-state index contributed by atoms with van der Waals surface area (Å²) < 4.78 is 56.0. The first-order chi connectivity index (χ1) is 21.4. The smallest absolute Gasteiger partial charge is 0.123 e. The molecule has 0 aliphatic carbocycles. The summed E-state index contributed by atoms with van der Waals surface area (Å²) in [6, 6.07) is 38.2. The van der Waals surface area contributed by atoms with Crippen LogP contribution in [0.3, 0.4) is 0 Å². The Hall–Kier alpha value is -5.48. The molecule has 0 aromatic heterocycles. The van der Waals surface area contributed by atoms with Crippen molar-refractivity contribution in [2.24, 2.45) is 0 Å². The van der Waals surface area contributed by atoms with Gasteiger partial charge in [0.15, 0.2) is 0 Å². The summed E-state index contributed by atoms with van der Waals surface area (Å²) in [5.74, 6) is -1.28. The van der Waals surface area contributed by atoms with E-state index in [1.165, 1.54) is 48.5 Å². The first-order valence-electron chi connectivity index (χ1n) is 14.3. The molecule has 0 aliphatic rings. The van der Waals surface area contributed by atoms with Gasteiger partial charge in [0.2, 0.25) is 0 Å². The summed E-state index contributed by atoms with van der Waals surface area (Å²) in [5, 5.41) is 5.95. The van der Waals surface area contributed by atoms with E-state index in [1.54, 1.807) is 48.5 Å². The summed E-state index contributed by atoms with van der Waals surface area (Å²) in [4.78, 5) is 0. The van der Waals surface area contributed by atoms with Crippen molar-refractivity contribution in [2.45, 2.75) is 0 Å². The molecule has 0 nitrogen and oxygen atoms in total. The number of hydrogen-bond acceptors (Lipinski definition) is 0. The molecular weight excluding hydrogens is 556 g/mol. The van der Waals surface area contributed by atoms with E-state index in [2.05, 4.69) is 36.4 Å². The lowest BCUT2D eigenvalue weighted by atomic mass is 9.82. The lowest BCUT2D eigenvalue weighted by molar-refractivity contribution is 0.627. The van der Waals surface area contributed by atoms with Crippen molar-refractivity contribution >= 4 is 32.3 Å².